The van der Waals surface area contributed by atoms with E-state index in [0.29, 0.717) is 36.6 Å². The molecule has 1 aliphatic heterocycles. The highest BCUT2D eigenvalue weighted by Crippen LogP contribution is 2.30. The van der Waals surface area contributed by atoms with E-state index in [4.69, 9.17) is 9.15 Å². The van der Waals surface area contributed by atoms with Crippen LogP contribution < -0.4 is 4.90 Å². The summed E-state index contributed by atoms with van der Waals surface area (Å²) in [4.78, 5) is 30.4. The first kappa shape index (κ1) is 18.0. The largest absolute Gasteiger partial charge is 0.465 e. The number of hydrogen-bond donors (Lipinski definition) is 0. The molecule has 1 amide bonds. The summed E-state index contributed by atoms with van der Waals surface area (Å²) >= 11 is 0. The van der Waals surface area contributed by atoms with Crippen LogP contribution in [0.2, 0.25) is 0 Å². The second kappa shape index (κ2) is 7.68. The average molecular weight is 376 g/mol. The number of aryl methyl sites for hydroxylation is 1. The number of aromatic nitrogens is 1. The third kappa shape index (κ3) is 3.53. The Labute approximate surface area is 162 Å². The number of benzene rings is 2. The molecule has 0 unspecified atom stereocenters. The minimum atomic E-state index is -0.370. The Morgan fingerprint density at radius 3 is 2.79 bits per heavy atom. The molecule has 1 aliphatic rings. The molecule has 6 nitrogen and oxygen atoms in total. The first-order valence-corrected chi connectivity index (χ1v) is 9.17. The minimum Gasteiger partial charge on any atom is -0.465 e. The van der Waals surface area contributed by atoms with Gasteiger partial charge in [0.1, 0.15) is 0 Å². The molecule has 0 saturated heterocycles. The van der Waals surface area contributed by atoms with Crippen molar-refractivity contribution in [1.29, 1.82) is 0 Å². The maximum atomic E-state index is 12.7. The molecule has 1 aromatic heterocycles. The van der Waals surface area contributed by atoms with Crippen molar-refractivity contribution in [2.45, 2.75) is 19.3 Å². The van der Waals surface area contributed by atoms with E-state index >= 15 is 0 Å². The number of ether oxygens (including phenoxy) is 1. The van der Waals surface area contributed by atoms with Gasteiger partial charge in [-0.15, -0.1) is 0 Å². The fraction of sp³-hybridized carbons (Fsp3) is 0.227. The van der Waals surface area contributed by atoms with Crippen LogP contribution in [0, 0.1) is 0 Å². The number of rotatable bonds is 5. The summed E-state index contributed by atoms with van der Waals surface area (Å²) in [6.07, 6.45) is 3.17. The molecule has 2 aromatic carbocycles. The van der Waals surface area contributed by atoms with Crippen LogP contribution in [-0.2, 0) is 22.4 Å². The molecule has 4 rings (SSSR count). The third-order valence-electron chi connectivity index (χ3n) is 4.86. The maximum absolute atomic E-state index is 12.7. The van der Waals surface area contributed by atoms with Crippen molar-refractivity contribution < 1.29 is 18.7 Å². The Morgan fingerprint density at radius 1 is 1.18 bits per heavy atom. The molecule has 0 spiro atoms. The van der Waals surface area contributed by atoms with Gasteiger partial charge in [0, 0.05) is 30.6 Å². The van der Waals surface area contributed by atoms with Crippen LogP contribution in [0.15, 0.2) is 59.1 Å². The van der Waals surface area contributed by atoms with Crippen LogP contribution in [0.25, 0.3) is 11.3 Å². The summed E-state index contributed by atoms with van der Waals surface area (Å²) in [5, 5.41) is 0. The van der Waals surface area contributed by atoms with Gasteiger partial charge < -0.3 is 14.1 Å². The molecule has 6 heteroatoms. The molecule has 0 aliphatic carbocycles. The zero-order valence-corrected chi connectivity index (χ0v) is 15.6. The topological polar surface area (TPSA) is 72.6 Å². The molecular weight excluding hydrogens is 356 g/mol. The van der Waals surface area contributed by atoms with Gasteiger partial charge in [-0.3, -0.25) is 4.79 Å². The van der Waals surface area contributed by atoms with Crippen LogP contribution in [0.5, 0.6) is 0 Å². The van der Waals surface area contributed by atoms with Crippen molar-refractivity contribution in [3.8, 4) is 11.3 Å². The van der Waals surface area contributed by atoms with E-state index in [1.165, 1.54) is 7.11 Å². The van der Waals surface area contributed by atoms with Gasteiger partial charge in [0.2, 0.25) is 5.91 Å². The number of anilines is 1. The average Bonchev–Trinajstić information content (AvgIpc) is 3.38. The molecule has 0 bridgehead atoms. The van der Waals surface area contributed by atoms with Crippen molar-refractivity contribution >= 4 is 17.6 Å². The number of carbonyl (C=O) groups excluding carboxylic acids is 2. The van der Waals surface area contributed by atoms with Crippen LogP contribution in [0.3, 0.4) is 0 Å². The smallest absolute Gasteiger partial charge is 0.337 e. The highest BCUT2D eigenvalue weighted by Gasteiger charge is 2.25. The Bertz CT molecular complexity index is 1010. The van der Waals surface area contributed by atoms with E-state index in [1.807, 2.05) is 36.4 Å². The number of hydrogen-bond acceptors (Lipinski definition) is 5. The van der Waals surface area contributed by atoms with Gasteiger partial charge in [0.15, 0.2) is 11.7 Å². The summed E-state index contributed by atoms with van der Waals surface area (Å²) < 4.78 is 10.5. The van der Waals surface area contributed by atoms with E-state index in [-0.39, 0.29) is 11.9 Å². The predicted molar refractivity (Wildman–Crippen MR) is 104 cm³/mol. The highest BCUT2D eigenvalue weighted by molar-refractivity contribution is 5.97. The van der Waals surface area contributed by atoms with Gasteiger partial charge in [0.25, 0.3) is 0 Å². The van der Waals surface area contributed by atoms with Crippen molar-refractivity contribution in [3.63, 3.8) is 0 Å². The van der Waals surface area contributed by atoms with Crippen molar-refractivity contribution in [2.75, 3.05) is 18.6 Å². The molecule has 142 valence electrons. The Kier molecular flexibility index (Phi) is 4.93. The molecule has 0 saturated carbocycles. The number of oxazole rings is 1. The number of amides is 1. The lowest BCUT2D eigenvalue weighted by Crippen LogP contribution is -2.29. The van der Waals surface area contributed by atoms with Gasteiger partial charge >= 0.3 is 5.97 Å². The lowest BCUT2D eigenvalue weighted by Gasteiger charge is -2.17. The molecule has 2 heterocycles. The second-order valence-corrected chi connectivity index (χ2v) is 6.61. The van der Waals surface area contributed by atoms with Crippen molar-refractivity contribution in [2.24, 2.45) is 0 Å². The quantitative estimate of drug-likeness (QED) is 0.636. The molecule has 28 heavy (non-hydrogen) atoms. The maximum Gasteiger partial charge on any atom is 0.337 e. The number of methoxy groups -OCH3 is 1. The fourth-order valence-corrected chi connectivity index (χ4v) is 3.42. The summed E-state index contributed by atoms with van der Waals surface area (Å²) in [6.45, 7) is 0.611. The first-order valence-electron chi connectivity index (χ1n) is 9.17. The van der Waals surface area contributed by atoms with E-state index in [2.05, 4.69) is 4.98 Å². The molecule has 0 N–H and O–H groups in total. The zero-order valence-electron chi connectivity index (χ0n) is 15.6. The van der Waals surface area contributed by atoms with Gasteiger partial charge in [-0.2, -0.15) is 0 Å². The van der Waals surface area contributed by atoms with Gasteiger partial charge in [-0.05, 0) is 30.2 Å². The van der Waals surface area contributed by atoms with E-state index in [1.54, 1.807) is 23.2 Å². The van der Waals surface area contributed by atoms with E-state index in [9.17, 15) is 9.59 Å². The summed E-state index contributed by atoms with van der Waals surface area (Å²) in [5.74, 6) is 0.896. The third-order valence-corrected chi connectivity index (χ3v) is 4.86. The Balaban J connectivity index is 1.41. The normalized spacial score (nSPS) is 12.7. The van der Waals surface area contributed by atoms with Crippen molar-refractivity contribution in [3.05, 3.63) is 71.7 Å². The van der Waals surface area contributed by atoms with Crippen LogP contribution in [0.4, 0.5) is 5.69 Å². The van der Waals surface area contributed by atoms with Crippen LogP contribution in [-0.4, -0.2) is 30.5 Å². The zero-order chi connectivity index (χ0) is 19.5. The molecule has 3 aromatic rings. The van der Waals surface area contributed by atoms with Gasteiger partial charge in [0.05, 0.1) is 18.9 Å². The van der Waals surface area contributed by atoms with E-state index in [0.717, 1.165) is 23.2 Å². The molecule has 0 atom stereocenters. The lowest BCUT2D eigenvalue weighted by atomic mass is 10.1. The minimum absolute atomic E-state index is 0.0176. The molecule has 0 radical (unpaired) electrons. The lowest BCUT2D eigenvalue weighted by molar-refractivity contribution is -0.118. The number of carbonyl (C=O) groups is 2. The number of fused-ring (bicyclic) bond motifs is 1. The summed E-state index contributed by atoms with van der Waals surface area (Å²) in [7, 11) is 1.36. The summed E-state index contributed by atoms with van der Waals surface area (Å²) in [6, 6.07) is 15.0. The second-order valence-electron chi connectivity index (χ2n) is 6.61. The Hall–Kier alpha value is -3.41. The standard InChI is InChI=1S/C22H20N2O4/c1-27-22(26)17-7-8-18-16(13-17)11-12-24(18)21(25)10-9-20-23-14-19(28-20)15-5-3-2-4-6-15/h2-8,13-14H,9-12H2,1H3. The van der Waals surface area contributed by atoms with Crippen LogP contribution in [0.1, 0.15) is 28.2 Å². The molecule has 0 fully saturated rings. The highest BCUT2D eigenvalue weighted by atomic mass is 16.5. The van der Waals surface area contributed by atoms with Crippen molar-refractivity contribution in [1.82, 2.24) is 4.98 Å². The predicted octanol–water partition coefficient (Wildman–Crippen LogP) is 3.65. The first-order chi connectivity index (χ1) is 13.7. The van der Waals surface area contributed by atoms with Gasteiger partial charge in [-0.25, -0.2) is 9.78 Å². The monoisotopic (exact) mass is 376 g/mol. The molecular formula is C22H20N2O4. The Morgan fingerprint density at radius 2 is 2.00 bits per heavy atom. The van der Waals surface area contributed by atoms with E-state index < -0.39 is 0 Å². The SMILES string of the molecule is COC(=O)c1ccc2c(c1)CCN2C(=O)CCc1ncc(-c2ccccc2)o1. The van der Waals surface area contributed by atoms with Crippen LogP contribution >= 0.6 is 0 Å². The number of esters is 1. The number of nitrogens with zero attached hydrogens (tertiary/aromatic N) is 2. The fourth-order valence-electron chi connectivity index (χ4n) is 3.42. The summed E-state index contributed by atoms with van der Waals surface area (Å²) in [5.41, 5.74) is 3.31. The van der Waals surface area contributed by atoms with Gasteiger partial charge in [-0.1, -0.05) is 30.3 Å².